The summed E-state index contributed by atoms with van der Waals surface area (Å²) < 4.78 is 6.46. The van der Waals surface area contributed by atoms with Crippen LogP contribution in [-0.4, -0.2) is 5.11 Å². The van der Waals surface area contributed by atoms with Crippen molar-refractivity contribution in [3.8, 4) is 0 Å². The molecule has 0 aliphatic carbocycles. The Morgan fingerprint density at radius 2 is 2.00 bits per heavy atom. The maximum atomic E-state index is 8.87. The van der Waals surface area contributed by atoms with Crippen molar-refractivity contribution in [1.29, 1.82) is 0 Å². The maximum absolute atomic E-state index is 8.87. The molecule has 90 valence electrons. The highest BCUT2D eigenvalue weighted by Gasteiger charge is 2.03. The molecule has 0 amide bonds. The van der Waals surface area contributed by atoms with Crippen LogP contribution in [0.3, 0.4) is 0 Å². The molecule has 0 radical (unpaired) electrons. The Kier molecular flexibility index (Phi) is 4.31. The van der Waals surface area contributed by atoms with Gasteiger partial charge in [0.15, 0.2) is 0 Å². The average molecular weight is 364 g/mol. The summed E-state index contributed by atoms with van der Waals surface area (Å²) in [6.07, 6.45) is 0. The summed E-state index contributed by atoms with van der Waals surface area (Å²) in [7, 11) is 0. The Labute approximate surface area is 118 Å². The number of nitrogens with one attached hydrogen (secondary N) is 1. The summed E-state index contributed by atoms with van der Waals surface area (Å²) in [5, 5.41) is 12.7. The Bertz CT molecular complexity index is 513. The zero-order valence-corrected chi connectivity index (χ0v) is 11.8. The molecular weight excluding hydrogens is 352 g/mol. The number of aliphatic hydroxyl groups is 1. The van der Waals surface area contributed by atoms with E-state index in [1.54, 1.807) is 6.07 Å². The van der Waals surface area contributed by atoms with E-state index in [9.17, 15) is 0 Å². The monoisotopic (exact) mass is 363 g/mol. The largest absolute Gasteiger partial charge is 0.462 e. The van der Waals surface area contributed by atoms with Crippen molar-refractivity contribution in [2.45, 2.75) is 13.2 Å². The molecule has 0 unspecified atom stereocenters. The third-order valence-electron chi connectivity index (χ3n) is 2.26. The van der Waals surface area contributed by atoms with Gasteiger partial charge in [0.1, 0.15) is 18.1 Å². The summed E-state index contributed by atoms with van der Waals surface area (Å²) in [6, 6.07) is 9.40. The molecule has 0 saturated carbocycles. The number of hydrogen-bond donors (Lipinski definition) is 2. The first kappa shape index (κ1) is 12.7. The SMILES string of the molecule is OCc1ccc(CNc2ccc(I)cc2Cl)o1. The molecule has 5 heteroatoms. The lowest BCUT2D eigenvalue weighted by Gasteiger charge is -2.06. The van der Waals surface area contributed by atoms with Gasteiger partial charge in [0.2, 0.25) is 0 Å². The molecule has 0 aliphatic heterocycles. The van der Waals surface area contributed by atoms with E-state index in [-0.39, 0.29) is 6.61 Å². The van der Waals surface area contributed by atoms with Crippen LogP contribution in [0.4, 0.5) is 5.69 Å². The first-order valence-corrected chi connectivity index (χ1v) is 6.52. The van der Waals surface area contributed by atoms with Gasteiger partial charge in [-0.15, -0.1) is 0 Å². The van der Waals surface area contributed by atoms with Crippen LogP contribution in [0.5, 0.6) is 0 Å². The number of anilines is 1. The van der Waals surface area contributed by atoms with Crippen LogP contribution in [0.1, 0.15) is 11.5 Å². The maximum Gasteiger partial charge on any atom is 0.129 e. The van der Waals surface area contributed by atoms with Gasteiger partial charge in [-0.05, 0) is 52.9 Å². The fourth-order valence-electron chi connectivity index (χ4n) is 1.42. The lowest BCUT2D eigenvalue weighted by atomic mass is 10.3. The van der Waals surface area contributed by atoms with Gasteiger partial charge in [0.05, 0.1) is 17.3 Å². The van der Waals surface area contributed by atoms with E-state index in [4.69, 9.17) is 21.1 Å². The van der Waals surface area contributed by atoms with Crippen LogP contribution in [0.15, 0.2) is 34.7 Å². The summed E-state index contributed by atoms with van der Waals surface area (Å²) in [4.78, 5) is 0. The summed E-state index contributed by atoms with van der Waals surface area (Å²) in [5.74, 6) is 1.33. The molecule has 0 fully saturated rings. The van der Waals surface area contributed by atoms with Crippen molar-refractivity contribution in [1.82, 2.24) is 0 Å². The number of halogens is 2. The lowest BCUT2D eigenvalue weighted by Crippen LogP contribution is -1.98. The molecule has 0 aliphatic rings. The summed E-state index contributed by atoms with van der Waals surface area (Å²) >= 11 is 8.30. The van der Waals surface area contributed by atoms with Gasteiger partial charge in [0.25, 0.3) is 0 Å². The van der Waals surface area contributed by atoms with Crippen LogP contribution in [0.25, 0.3) is 0 Å². The van der Waals surface area contributed by atoms with Crippen LogP contribution in [0.2, 0.25) is 5.02 Å². The zero-order chi connectivity index (χ0) is 12.3. The molecule has 1 aromatic carbocycles. The quantitative estimate of drug-likeness (QED) is 0.815. The minimum absolute atomic E-state index is 0.0791. The van der Waals surface area contributed by atoms with Crippen molar-refractivity contribution in [2.24, 2.45) is 0 Å². The first-order valence-electron chi connectivity index (χ1n) is 5.06. The highest BCUT2D eigenvalue weighted by atomic mass is 127. The van der Waals surface area contributed by atoms with Gasteiger partial charge in [-0.2, -0.15) is 0 Å². The van der Waals surface area contributed by atoms with Crippen molar-refractivity contribution >= 4 is 39.9 Å². The number of benzene rings is 1. The van der Waals surface area contributed by atoms with E-state index in [0.29, 0.717) is 17.3 Å². The molecule has 1 heterocycles. The lowest BCUT2D eigenvalue weighted by molar-refractivity contribution is 0.244. The minimum Gasteiger partial charge on any atom is -0.462 e. The second-order valence-electron chi connectivity index (χ2n) is 3.50. The van der Waals surface area contributed by atoms with Crippen molar-refractivity contribution in [3.05, 3.63) is 50.4 Å². The molecule has 1 aromatic heterocycles. The molecule has 0 atom stereocenters. The number of hydrogen-bond acceptors (Lipinski definition) is 3. The van der Waals surface area contributed by atoms with Crippen molar-refractivity contribution < 1.29 is 9.52 Å². The zero-order valence-electron chi connectivity index (χ0n) is 8.91. The van der Waals surface area contributed by atoms with Gasteiger partial charge in [-0.1, -0.05) is 11.6 Å². The van der Waals surface area contributed by atoms with Crippen LogP contribution < -0.4 is 5.32 Å². The van der Waals surface area contributed by atoms with Gasteiger partial charge in [0, 0.05) is 3.57 Å². The van der Waals surface area contributed by atoms with Gasteiger partial charge in [-0.3, -0.25) is 0 Å². The van der Waals surface area contributed by atoms with Gasteiger partial charge >= 0.3 is 0 Å². The van der Waals surface area contributed by atoms with E-state index >= 15 is 0 Å². The second kappa shape index (κ2) is 5.75. The molecular formula is C12H11ClINO2. The Hall–Kier alpha value is -0.720. The summed E-state index contributed by atoms with van der Waals surface area (Å²) in [6.45, 7) is 0.463. The minimum atomic E-state index is -0.0791. The Balaban J connectivity index is 2.02. The van der Waals surface area contributed by atoms with Crippen molar-refractivity contribution in [3.63, 3.8) is 0 Å². The Morgan fingerprint density at radius 3 is 2.65 bits per heavy atom. The summed E-state index contributed by atoms with van der Waals surface area (Å²) in [5.41, 5.74) is 0.869. The molecule has 0 saturated heterocycles. The van der Waals surface area contributed by atoms with E-state index < -0.39 is 0 Å². The predicted octanol–water partition coefficient (Wildman–Crippen LogP) is 3.64. The van der Waals surface area contributed by atoms with E-state index in [1.165, 1.54) is 0 Å². The highest BCUT2D eigenvalue weighted by molar-refractivity contribution is 14.1. The first-order chi connectivity index (χ1) is 8.19. The number of aliphatic hydroxyl groups excluding tert-OH is 1. The smallest absolute Gasteiger partial charge is 0.129 e. The number of rotatable bonds is 4. The molecule has 3 nitrogen and oxygen atoms in total. The van der Waals surface area contributed by atoms with Gasteiger partial charge < -0.3 is 14.8 Å². The van der Waals surface area contributed by atoms with Gasteiger partial charge in [-0.25, -0.2) is 0 Å². The fraction of sp³-hybridized carbons (Fsp3) is 0.167. The second-order valence-corrected chi connectivity index (χ2v) is 5.16. The molecule has 0 bridgehead atoms. The van der Waals surface area contributed by atoms with E-state index in [1.807, 2.05) is 24.3 Å². The van der Waals surface area contributed by atoms with Crippen LogP contribution >= 0.6 is 34.2 Å². The van der Waals surface area contributed by atoms with Crippen LogP contribution in [-0.2, 0) is 13.2 Å². The highest BCUT2D eigenvalue weighted by Crippen LogP contribution is 2.24. The average Bonchev–Trinajstić information content (AvgIpc) is 2.76. The van der Waals surface area contributed by atoms with E-state index in [2.05, 4.69) is 27.9 Å². The third-order valence-corrected chi connectivity index (χ3v) is 3.24. The normalized spacial score (nSPS) is 10.5. The van der Waals surface area contributed by atoms with E-state index in [0.717, 1.165) is 15.0 Å². The van der Waals surface area contributed by atoms with Crippen molar-refractivity contribution in [2.75, 3.05) is 5.32 Å². The van der Waals surface area contributed by atoms with Crippen LogP contribution in [0, 0.1) is 3.57 Å². The molecule has 2 N–H and O–H groups in total. The standard InChI is InChI=1S/C12H11ClINO2/c13-11-5-8(14)1-4-12(11)15-6-9-2-3-10(7-16)17-9/h1-5,15-16H,6-7H2. The predicted molar refractivity (Wildman–Crippen MR) is 76.1 cm³/mol. The fourth-order valence-corrected chi connectivity index (χ4v) is 2.34. The molecule has 2 aromatic rings. The topological polar surface area (TPSA) is 45.4 Å². The Morgan fingerprint density at radius 1 is 1.24 bits per heavy atom. The number of furan rings is 1. The molecule has 0 spiro atoms. The third kappa shape index (κ3) is 3.37. The molecule has 2 rings (SSSR count). The molecule has 17 heavy (non-hydrogen) atoms.